The van der Waals surface area contributed by atoms with Gasteiger partial charge < -0.3 is 34.3 Å². The van der Waals surface area contributed by atoms with Crippen molar-refractivity contribution in [1.29, 1.82) is 0 Å². The zero-order chi connectivity index (χ0) is 29.2. The van der Waals surface area contributed by atoms with Crippen molar-refractivity contribution in [2.75, 3.05) is 34.0 Å². The minimum absolute atomic E-state index is 0.184. The highest BCUT2D eigenvalue weighted by atomic mass is 79.9. The van der Waals surface area contributed by atoms with E-state index in [2.05, 4.69) is 37.1 Å². The van der Waals surface area contributed by atoms with E-state index >= 15 is 0 Å². The maximum absolute atomic E-state index is 12.6. The summed E-state index contributed by atoms with van der Waals surface area (Å²) < 4.78 is 28.0. The molecule has 2 aromatic rings. The van der Waals surface area contributed by atoms with Crippen molar-refractivity contribution in [3.63, 3.8) is 0 Å². The van der Waals surface area contributed by atoms with E-state index in [0.717, 1.165) is 4.47 Å². The summed E-state index contributed by atoms with van der Waals surface area (Å²) in [5.41, 5.74) is 4.23. The molecule has 0 aliphatic carbocycles. The number of hydrogen-bond donors (Lipinski definition) is 3. The summed E-state index contributed by atoms with van der Waals surface area (Å²) >= 11 is 3.41. The fourth-order valence-corrected chi connectivity index (χ4v) is 4.35. The minimum Gasteiger partial charge on any atom is -0.493 e. The second kappa shape index (κ2) is 14.2. The van der Waals surface area contributed by atoms with Crippen LogP contribution in [0.15, 0.2) is 51.2 Å². The number of nitrogens with one attached hydrogen (secondary N) is 3. The third kappa shape index (κ3) is 7.44. The van der Waals surface area contributed by atoms with Gasteiger partial charge in [0.2, 0.25) is 0 Å². The SMILES string of the molecule is CCOC(=O)C1=C(C)NC(=O)N[C@@H]1c1ccc(OCC(=O)N/N=C/c2cc(Br)cc(OC)c2OCC)c(OC)c1. The molecular weight excluding hydrogens is 588 g/mol. The Bertz CT molecular complexity index is 1330. The summed E-state index contributed by atoms with van der Waals surface area (Å²) in [6.45, 7) is 5.42. The van der Waals surface area contributed by atoms with Crippen molar-refractivity contribution < 1.29 is 38.1 Å². The molecule has 0 bridgehead atoms. The Morgan fingerprint density at radius 2 is 1.80 bits per heavy atom. The molecule has 12 nitrogen and oxygen atoms in total. The van der Waals surface area contributed by atoms with E-state index < -0.39 is 23.9 Å². The first-order valence-electron chi connectivity index (χ1n) is 12.3. The van der Waals surface area contributed by atoms with Crippen molar-refractivity contribution in [1.82, 2.24) is 16.1 Å². The fraction of sp³-hybridized carbons (Fsp3) is 0.333. The molecule has 1 heterocycles. The Kier molecular flexibility index (Phi) is 10.8. The Morgan fingerprint density at radius 3 is 2.48 bits per heavy atom. The van der Waals surface area contributed by atoms with Crippen molar-refractivity contribution in [3.05, 3.63) is 57.2 Å². The standard InChI is InChI=1S/C27H31BrN4O8/c1-6-38-25-17(10-18(28)12-21(25)37-5)13-29-32-22(33)14-40-19-9-8-16(11-20(19)36-4)24-23(26(34)39-7-2)15(3)30-27(35)31-24/h8-13,24H,6-7,14H2,1-5H3,(H,32,33)(H2,30,31,35)/b29-13+/t24-/m1/s1. The minimum atomic E-state index is -0.772. The van der Waals surface area contributed by atoms with Gasteiger partial charge in [-0.15, -0.1) is 0 Å². The summed E-state index contributed by atoms with van der Waals surface area (Å²) in [5, 5.41) is 9.31. The van der Waals surface area contributed by atoms with Gasteiger partial charge in [0, 0.05) is 15.7 Å². The van der Waals surface area contributed by atoms with Crippen LogP contribution in [0, 0.1) is 0 Å². The molecule has 3 N–H and O–H groups in total. The van der Waals surface area contributed by atoms with Gasteiger partial charge in [-0.25, -0.2) is 15.0 Å². The number of ether oxygens (including phenoxy) is 5. The van der Waals surface area contributed by atoms with E-state index in [-0.39, 0.29) is 24.5 Å². The molecule has 0 fully saturated rings. The summed E-state index contributed by atoms with van der Waals surface area (Å²) in [6.07, 6.45) is 1.44. The van der Waals surface area contributed by atoms with Gasteiger partial charge in [-0.05, 0) is 50.6 Å². The zero-order valence-corrected chi connectivity index (χ0v) is 24.3. The number of carbonyl (C=O) groups excluding carboxylic acids is 3. The molecule has 0 saturated carbocycles. The number of methoxy groups -OCH3 is 2. The highest BCUT2D eigenvalue weighted by Gasteiger charge is 2.32. The number of carbonyl (C=O) groups is 3. The Hall–Kier alpha value is -4.26. The first-order chi connectivity index (χ1) is 19.2. The lowest BCUT2D eigenvalue weighted by molar-refractivity contribution is -0.139. The first-order valence-corrected chi connectivity index (χ1v) is 13.1. The van der Waals surface area contributed by atoms with Crippen LogP contribution in [-0.4, -0.2) is 58.2 Å². The largest absolute Gasteiger partial charge is 0.493 e. The van der Waals surface area contributed by atoms with Crippen LogP contribution in [0.5, 0.6) is 23.0 Å². The Balaban J connectivity index is 1.71. The van der Waals surface area contributed by atoms with Crippen LogP contribution >= 0.6 is 15.9 Å². The van der Waals surface area contributed by atoms with Crippen LogP contribution in [0.4, 0.5) is 4.79 Å². The molecule has 0 saturated heterocycles. The van der Waals surface area contributed by atoms with E-state index in [9.17, 15) is 14.4 Å². The molecular formula is C27H31BrN4O8. The van der Waals surface area contributed by atoms with Gasteiger partial charge in [0.15, 0.2) is 29.6 Å². The Labute approximate surface area is 240 Å². The predicted octanol–water partition coefficient (Wildman–Crippen LogP) is 3.59. The number of hydrogen-bond acceptors (Lipinski definition) is 9. The number of hydrazone groups is 1. The van der Waals surface area contributed by atoms with E-state index in [1.54, 1.807) is 44.2 Å². The van der Waals surface area contributed by atoms with Crippen molar-refractivity contribution >= 4 is 40.1 Å². The van der Waals surface area contributed by atoms with E-state index in [1.807, 2.05) is 6.92 Å². The van der Waals surface area contributed by atoms with Crippen molar-refractivity contribution in [2.45, 2.75) is 26.8 Å². The van der Waals surface area contributed by atoms with E-state index in [0.29, 0.717) is 40.7 Å². The van der Waals surface area contributed by atoms with Gasteiger partial charge in [0.25, 0.3) is 5.91 Å². The molecule has 0 radical (unpaired) electrons. The highest BCUT2D eigenvalue weighted by Crippen LogP contribution is 2.35. The number of halogens is 1. The molecule has 1 aliphatic rings. The number of benzene rings is 2. The zero-order valence-electron chi connectivity index (χ0n) is 22.8. The normalized spacial score (nSPS) is 14.8. The molecule has 0 spiro atoms. The van der Waals surface area contributed by atoms with Gasteiger partial charge in [-0.3, -0.25) is 4.79 Å². The van der Waals surface area contributed by atoms with Crippen LogP contribution in [0.2, 0.25) is 0 Å². The fourth-order valence-electron chi connectivity index (χ4n) is 3.89. The number of allylic oxidation sites excluding steroid dienone is 1. The van der Waals surface area contributed by atoms with Crippen LogP contribution in [0.1, 0.15) is 37.9 Å². The van der Waals surface area contributed by atoms with Crippen LogP contribution < -0.4 is 35.0 Å². The lowest BCUT2D eigenvalue weighted by Crippen LogP contribution is -2.45. The molecule has 2 aromatic carbocycles. The Morgan fingerprint density at radius 1 is 1.05 bits per heavy atom. The van der Waals surface area contributed by atoms with Gasteiger partial charge in [-0.1, -0.05) is 22.0 Å². The monoisotopic (exact) mass is 618 g/mol. The van der Waals surface area contributed by atoms with E-state index in [4.69, 9.17) is 23.7 Å². The molecule has 1 atom stereocenters. The lowest BCUT2D eigenvalue weighted by atomic mass is 9.95. The van der Waals surface area contributed by atoms with Gasteiger partial charge in [0.05, 0.1) is 45.3 Å². The quantitative estimate of drug-likeness (QED) is 0.186. The number of esters is 1. The average Bonchev–Trinajstić information content (AvgIpc) is 2.92. The molecule has 0 aromatic heterocycles. The number of amides is 3. The summed E-state index contributed by atoms with van der Waals surface area (Å²) in [6, 6.07) is 7.17. The first kappa shape index (κ1) is 30.3. The van der Waals surface area contributed by atoms with Crippen LogP contribution in [0.25, 0.3) is 0 Å². The summed E-state index contributed by atoms with van der Waals surface area (Å²) in [7, 11) is 2.97. The van der Waals surface area contributed by atoms with Gasteiger partial charge >= 0.3 is 12.0 Å². The van der Waals surface area contributed by atoms with E-state index in [1.165, 1.54) is 20.4 Å². The molecule has 214 valence electrons. The average molecular weight is 619 g/mol. The van der Waals surface area contributed by atoms with Crippen molar-refractivity contribution in [2.24, 2.45) is 5.10 Å². The third-order valence-electron chi connectivity index (χ3n) is 5.59. The predicted molar refractivity (Wildman–Crippen MR) is 150 cm³/mol. The second-order valence-corrected chi connectivity index (χ2v) is 9.16. The summed E-state index contributed by atoms with van der Waals surface area (Å²) in [5.74, 6) is 0.518. The number of nitrogens with zero attached hydrogens (tertiary/aromatic N) is 1. The molecule has 40 heavy (non-hydrogen) atoms. The third-order valence-corrected chi connectivity index (χ3v) is 6.05. The smallest absolute Gasteiger partial charge is 0.338 e. The van der Waals surface area contributed by atoms with Crippen LogP contribution in [-0.2, 0) is 14.3 Å². The molecule has 13 heteroatoms. The highest BCUT2D eigenvalue weighted by molar-refractivity contribution is 9.10. The number of rotatable bonds is 12. The topological polar surface area (TPSA) is 146 Å². The molecule has 3 rings (SSSR count). The molecule has 0 unspecified atom stereocenters. The maximum Gasteiger partial charge on any atom is 0.338 e. The number of urea groups is 1. The molecule has 3 amide bonds. The van der Waals surface area contributed by atoms with Gasteiger partial charge in [-0.2, -0.15) is 5.10 Å². The summed E-state index contributed by atoms with van der Waals surface area (Å²) in [4.78, 5) is 37.1. The van der Waals surface area contributed by atoms with Crippen molar-refractivity contribution in [3.8, 4) is 23.0 Å². The van der Waals surface area contributed by atoms with Gasteiger partial charge in [0.1, 0.15) is 0 Å². The van der Waals surface area contributed by atoms with Crippen LogP contribution in [0.3, 0.4) is 0 Å². The maximum atomic E-state index is 12.6. The second-order valence-electron chi connectivity index (χ2n) is 8.24. The molecule has 1 aliphatic heterocycles. The lowest BCUT2D eigenvalue weighted by Gasteiger charge is -2.28.